The predicted molar refractivity (Wildman–Crippen MR) is 99.5 cm³/mol. The van der Waals surface area contributed by atoms with E-state index in [1.54, 1.807) is 4.90 Å². The number of carbonyl (C=O) groups is 1. The van der Waals surface area contributed by atoms with Crippen LogP contribution in [0.5, 0.6) is 0 Å². The minimum Gasteiger partial charge on any atom is -0.444 e. The van der Waals surface area contributed by atoms with Crippen molar-refractivity contribution in [1.82, 2.24) is 9.88 Å². The van der Waals surface area contributed by atoms with Crippen molar-refractivity contribution < 1.29 is 9.53 Å². The number of anilines is 1. The summed E-state index contributed by atoms with van der Waals surface area (Å²) in [4.78, 5) is 20.8. The summed E-state index contributed by atoms with van der Waals surface area (Å²) < 4.78 is 6.49. The Kier molecular flexibility index (Phi) is 4.67. The van der Waals surface area contributed by atoms with Crippen molar-refractivity contribution in [2.45, 2.75) is 26.4 Å². The maximum atomic E-state index is 12.1. The summed E-state index contributed by atoms with van der Waals surface area (Å²) in [6.45, 7) is 8.47. The number of piperazine rings is 1. The fraction of sp³-hybridized carbons (Fsp3) is 0.444. The molecule has 24 heavy (non-hydrogen) atoms. The van der Waals surface area contributed by atoms with Gasteiger partial charge < -0.3 is 14.5 Å². The summed E-state index contributed by atoms with van der Waals surface area (Å²) in [5.41, 5.74) is 0.521. The van der Waals surface area contributed by atoms with Crippen LogP contribution in [0.25, 0.3) is 10.9 Å². The van der Waals surface area contributed by atoms with Crippen LogP contribution in [-0.4, -0.2) is 47.8 Å². The SMILES string of the molecule is CC(C)(C)OC(=O)N1CCN(c2ccc3cc(Br)ccc3n2)CC1. The van der Waals surface area contributed by atoms with Gasteiger partial charge >= 0.3 is 6.09 Å². The van der Waals surface area contributed by atoms with Gasteiger partial charge in [0.15, 0.2) is 0 Å². The van der Waals surface area contributed by atoms with Gasteiger partial charge in [0.2, 0.25) is 0 Å². The van der Waals surface area contributed by atoms with Crippen LogP contribution in [-0.2, 0) is 4.74 Å². The highest BCUT2D eigenvalue weighted by Crippen LogP contribution is 2.22. The first kappa shape index (κ1) is 17.0. The van der Waals surface area contributed by atoms with E-state index in [0.717, 1.165) is 34.3 Å². The number of hydrogen-bond donors (Lipinski definition) is 0. The van der Waals surface area contributed by atoms with Gasteiger partial charge in [-0.2, -0.15) is 0 Å². The number of amides is 1. The molecule has 0 aliphatic carbocycles. The molecule has 1 aliphatic heterocycles. The summed E-state index contributed by atoms with van der Waals surface area (Å²) in [5, 5.41) is 1.11. The van der Waals surface area contributed by atoms with E-state index in [-0.39, 0.29) is 6.09 Å². The van der Waals surface area contributed by atoms with Gasteiger partial charge in [-0.3, -0.25) is 0 Å². The monoisotopic (exact) mass is 391 g/mol. The first-order valence-corrected chi connectivity index (χ1v) is 8.90. The number of aromatic nitrogens is 1. The fourth-order valence-electron chi connectivity index (χ4n) is 2.71. The molecular formula is C18H22BrN3O2. The van der Waals surface area contributed by atoms with Gasteiger partial charge in [-0.05, 0) is 51.1 Å². The van der Waals surface area contributed by atoms with Crippen LogP contribution < -0.4 is 4.90 Å². The van der Waals surface area contributed by atoms with E-state index in [2.05, 4.69) is 33.0 Å². The highest BCUT2D eigenvalue weighted by Gasteiger charge is 2.26. The minimum atomic E-state index is -0.456. The molecule has 1 amide bonds. The first-order chi connectivity index (χ1) is 11.3. The Labute approximate surface area is 150 Å². The van der Waals surface area contributed by atoms with Crippen LogP contribution in [0.4, 0.5) is 10.6 Å². The van der Waals surface area contributed by atoms with E-state index >= 15 is 0 Å². The molecule has 0 spiro atoms. The van der Waals surface area contributed by atoms with Crippen molar-refractivity contribution in [3.8, 4) is 0 Å². The Hall–Kier alpha value is -1.82. The zero-order valence-electron chi connectivity index (χ0n) is 14.3. The number of fused-ring (bicyclic) bond motifs is 1. The normalized spacial score (nSPS) is 15.7. The van der Waals surface area contributed by atoms with Crippen LogP contribution in [0.2, 0.25) is 0 Å². The molecule has 1 aromatic heterocycles. The second-order valence-corrected chi connectivity index (χ2v) is 7.88. The van der Waals surface area contributed by atoms with E-state index < -0.39 is 5.60 Å². The number of pyridine rings is 1. The van der Waals surface area contributed by atoms with Crippen molar-refractivity contribution in [2.24, 2.45) is 0 Å². The van der Waals surface area contributed by atoms with E-state index in [4.69, 9.17) is 9.72 Å². The largest absolute Gasteiger partial charge is 0.444 e. The quantitative estimate of drug-likeness (QED) is 0.735. The number of ether oxygens (including phenoxy) is 1. The summed E-state index contributed by atoms with van der Waals surface area (Å²) in [6.07, 6.45) is -0.238. The molecule has 1 aromatic carbocycles. The molecule has 5 nitrogen and oxygen atoms in total. The summed E-state index contributed by atoms with van der Waals surface area (Å²) in [7, 11) is 0. The molecule has 128 valence electrons. The van der Waals surface area contributed by atoms with Crippen LogP contribution >= 0.6 is 15.9 Å². The van der Waals surface area contributed by atoms with Gasteiger partial charge in [0, 0.05) is 36.0 Å². The Bertz CT molecular complexity index is 750. The average Bonchev–Trinajstić information content (AvgIpc) is 2.53. The lowest BCUT2D eigenvalue weighted by Crippen LogP contribution is -2.50. The van der Waals surface area contributed by atoms with Gasteiger partial charge in [-0.1, -0.05) is 15.9 Å². The molecular weight excluding hydrogens is 370 g/mol. The number of nitrogens with zero attached hydrogens (tertiary/aromatic N) is 3. The third-order valence-electron chi connectivity index (χ3n) is 3.89. The Morgan fingerprint density at radius 2 is 1.83 bits per heavy atom. The highest BCUT2D eigenvalue weighted by molar-refractivity contribution is 9.10. The molecule has 2 heterocycles. The van der Waals surface area contributed by atoms with E-state index in [0.29, 0.717) is 13.1 Å². The van der Waals surface area contributed by atoms with E-state index in [1.807, 2.05) is 39.0 Å². The molecule has 3 rings (SSSR count). The first-order valence-electron chi connectivity index (χ1n) is 8.11. The van der Waals surface area contributed by atoms with Crippen LogP contribution in [0, 0.1) is 0 Å². The average molecular weight is 392 g/mol. The van der Waals surface area contributed by atoms with Gasteiger partial charge in [0.25, 0.3) is 0 Å². The van der Waals surface area contributed by atoms with Crippen LogP contribution in [0.3, 0.4) is 0 Å². The van der Waals surface area contributed by atoms with Crippen molar-refractivity contribution in [3.63, 3.8) is 0 Å². The zero-order valence-corrected chi connectivity index (χ0v) is 15.8. The molecule has 0 bridgehead atoms. The summed E-state index contributed by atoms with van der Waals surface area (Å²) in [6, 6.07) is 10.2. The third-order valence-corrected chi connectivity index (χ3v) is 4.39. The zero-order chi connectivity index (χ0) is 17.3. The second kappa shape index (κ2) is 6.59. The van der Waals surface area contributed by atoms with Crippen molar-refractivity contribution in [3.05, 3.63) is 34.8 Å². The maximum Gasteiger partial charge on any atom is 0.410 e. The molecule has 0 radical (unpaired) electrons. The van der Waals surface area contributed by atoms with Crippen LogP contribution in [0.1, 0.15) is 20.8 Å². The molecule has 0 atom stereocenters. The molecule has 0 unspecified atom stereocenters. The number of rotatable bonds is 1. The molecule has 1 saturated heterocycles. The lowest BCUT2D eigenvalue weighted by Gasteiger charge is -2.36. The summed E-state index contributed by atoms with van der Waals surface area (Å²) >= 11 is 3.48. The Morgan fingerprint density at radius 1 is 1.12 bits per heavy atom. The lowest BCUT2D eigenvalue weighted by molar-refractivity contribution is 0.0240. The molecule has 0 N–H and O–H groups in total. The second-order valence-electron chi connectivity index (χ2n) is 6.96. The van der Waals surface area contributed by atoms with Gasteiger partial charge in [0.05, 0.1) is 5.52 Å². The van der Waals surface area contributed by atoms with Crippen molar-refractivity contribution in [2.75, 3.05) is 31.1 Å². The number of hydrogen-bond acceptors (Lipinski definition) is 4. The molecule has 1 aliphatic rings. The fourth-order valence-corrected chi connectivity index (χ4v) is 3.09. The van der Waals surface area contributed by atoms with Crippen molar-refractivity contribution in [1.29, 1.82) is 0 Å². The molecule has 0 saturated carbocycles. The van der Waals surface area contributed by atoms with Crippen molar-refractivity contribution >= 4 is 38.7 Å². The van der Waals surface area contributed by atoms with Gasteiger partial charge in [-0.25, -0.2) is 9.78 Å². The van der Waals surface area contributed by atoms with Crippen LogP contribution in [0.15, 0.2) is 34.8 Å². The Morgan fingerprint density at radius 3 is 2.50 bits per heavy atom. The number of carbonyl (C=O) groups excluding carboxylic acids is 1. The molecule has 6 heteroatoms. The van der Waals surface area contributed by atoms with E-state index in [9.17, 15) is 4.79 Å². The highest BCUT2D eigenvalue weighted by atomic mass is 79.9. The minimum absolute atomic E-state index is 0.238. The topological polar surface area (TPSA) is 45.7 Å². The number of benzene rings is 1. The standard InChI is InChI=1S/C18H22BrN3O2/c1-18(2,3)24-17(23)22-10-8-21(9-11-22)16-7-4-13-12-14(19)5-6-15(13)20-16/h4-7,12H,8-11H2,1-3H3. The lowest BCUT2D eigenvalue weighted by atomic mass is 10.2. The molecule has 1 fully saturated rings. The number of halogens is 1. The third kappa shape index (κ3) is 3.98. The smallest absolute Gasteiger partial charge is 0.410 e. The van der Waals surface area contributed by atoms with Gasteiger partial charge in [0.1, 0.15) is 11.4 Å². The summed E-state index contributed by atoms with van der Waals surface area (Å²) in [5.74, 6) is 0.952. The van der Waals surface area contributed by atoms with Gasteiger partial charge in [-0.15, -0.1) is 0 Å². The Balaban J connectivity index is 1.66. The predicted octanol–water partition coefficient (Wildman–Crippen LogP) is 4.05. The molecule has 2 aromatic rings. The maximum absolute atomic E-state index is 12.1. The van der Waals surface area contributed by atoms with E-state index in [1.165, 1.54) is 0 Å².